The Hall–Kier alpha value is -1.55. The van der Waals surface area contributed by atoms with Crippen LogP contribution < -0.4 is 10.1 Å². The van der Waals surface area contributed by atoms with Crippen LogP contribution in [0.1, 0.15) is 25.5 Å². The molecule has 4 nitrogen and oxygen atoms in total. The standard InChI is InChI=1S/C12H15NO3/c1-12(2)11(15)10(13-7-14)8-5-3-4-6-9(8)16-12/h3-7,10-11,15H,1-2H3,(H,13,14). The number of rotatable bonds is 2. The Morgan fingerprint density at radius 1 is 1.44 bits per heavy atom. The lowest BCUT2D eigenvalue weighted by Crippen LogP contribution is -2.52. The average molecular weight is 221 g/mol. The fraction of sp³-hybridized carbons (Fsp3) is 0.417. The monoisotopic (exact) mass is 221 g/mol. The van der Waals surface area contributed by atoms with Crippen LogP contribution in [0, 0.1) is 0 Å². The smallest absolute Gasteiger partial charge is 0.207 e. The number of carbonyl (C=O) groups is 1. The maximum atomic E-state index is 10.6. The molecule has 0 aliphatic carbocycles. The van der Waals surface area contributed by atoms with Gasteiger partial charge >= 0.3 is 0 Å². The molecule has 1 aromatic rings. The van der Waals surface area contributed by atoms with E-state index in [4.69, 9.17) is 4.74 Å². The fourth-order valence-electron chi connectivity index (χ4n) is 2.00. The predicted molar refractivity (Wildman–Crippen MR) is 59.1 cm³/mol. The minimum absolute atomic E-state index is 0.419. The third-order valence-electron chi connectivity index (χ3n) is 2.90. The molecule has 0 aromatic heterocycles. The summed E-state index contributed by atoms with van der Waals surface area (Å²) < 4.78 is 5.70. The molecule has 0 radical (unpaired) electrons. The van der Waals surface area contributed by atoms with Gasteiger partial charge in [-0.25, -0.2) is 0 Å². The second-order valence-electron chi connectivity index (χ2n) is 4.45. The Morgan fingerprint density at radius 2 is 2.12 bits per heavy atom. The maximum absolute atomic E-state index is 10.6. The van der Waals surface area contributed by atoms with Crippen LogP contribution in [0.4, 0.5) is 0 Å². The highest BCUT2D eigenvalue weighted by Crippen LogP contribution is 2.39. The quantitative estimate of drug-likeness (QED) is 0.733. The van der Waals surface area contributed by atoms with Gasteiger partial charge in [-0.3, -0.25) is 4.79 Å². The van der Waals surface area contributed by atoms with Gasteiger partial charge in [-0.2, -0.15) is 0 Å². The highest BCUT2D eigenvalue weighted by atomic mass is 16.5. The summed E-state index contributed by atoms with van der Waals surface area (Å²) in [6.45, 7) is 3.60. The highest BCUT2D eigenvalue weighted by molar-refractivity contribution is 5.51. The molecule has 1 aliphatic rings. The first kappa shape index (κ1) is 11.0. The summed E-state index contributed by atoms with van der Waals surface area (Å²) in [5.74, 6) is 0.706. The van der Waals surface area contributed by atoms with Crippen LogP contribution in [0.25, 0.3) is 0 Å². The molecule has 1 aliphatic heterocycles. The van der Waals surface area contributed by atoms with Crippen LogP contribution in [-0.4, -0.2) is 23.2 Å². The van der Waals surface area contributed by atoms with Crippen LogP contribution in [0.15, 0.2) is 24.3 Å². The lowest BCUT2D eigenvalue weighted by atomic mass is 9.87. The number of benzene rings is 1. The second-order valence-corrected chi connectivity index (χ2v) is 4.45. The van der Waals surface area contributed by atoms with Crippen molar-refractivity contribution < 1.29 is 14.6 Å². The SMILES string of the molecule is CC1(C)Oc2ccccc2C(NC=O)C1O. The van der Waals surface area contributed by atoms with Gasteiger partial charge in [0.15, 0.2) is 0 Å². The topological polar surface area (TPSA) is 58.6 Å². The third kappa shape index (κ3) is 1.65. The first-order valence-electron chi connectivity index (χ1n) is 5.22. The van der Waals surface area contributed by atoms with Gasteiger partial charge in [0.05, 0.1) is 6.04 Å². The van der Waals surface area contributed by atoms with Gasteiger partial charge in [-0.15, -0.1) is 0 Å². The first-order chi connectivity index (χ1) is 7.56. The van der Waals surface area contributed by atoms with E-state index in [1.54, 1.807) is 13.8 Å². The van der Waals surface area contributed by atoms with Crippen molar-refractivity contribution in [1.29, 1.82) is 0 Å². The van der Waals surface area contributed by atoms with Crippen LogP contribution in [0.3, 0.4) is 0 Å². The first-order valence-corrected chi connectivity index (χ1v) is 5.22. The van der Waals surface area contributed by atoms with Crippen LogP contribution in [0.5, 0.6) is 5.75 Å². The predicted octanol–water partition coefficient (Wildman–Crippen LogP) is 1.01. The van der Waals surface area contributed by atoms with E-state index in [0.717, 1.165) is 5.56 Å². The highest BCUT2D eigenvalue weighted by Gasteiger charge is 2.42. The van der Waals surface area contributed by atoms with E-state index in [1.807, 2.05) is 24.3 Å². The van der Waals surface area contributed by atoms with Crippen molar-refractivity contribution in [3.05, 3.63) is 29.8 Å². The van der Waals surface area contributed by atoms with Crippen molar-refractivity contribution in [1.82, 2.24) is 5.32 Å². The molecule has 0 bridgehead atoms. The van der Waals surface area contributed by atoms with Crippen LogP contribution >= 0.6 is 0 Å². The molecular formula is C12H15NO3. The molecule has 2 rings (SSSR count). The van der Waals surface area contributed by atoms with E-state index in [-0.39, 0.29) is 0 Å². The fourth-order valence-corrected chi connectivity index (χ4v) is 2.00. The van der Waals surface area contributed by atoms with Gasteiger partial charge in [0, 0.05) is 5.56 Å². The Morgan fingerprint density at radius 3 is 2.81 bits per heavy atom. The van der Waals surface area contributed by atoms with Gasteiger partial charge in [0.25, 0.3) is 0 Å². The molecule has 4 heteroatoms. The Kier molecular flexibility index (Phi) is 2.59. The minimum atomic E-state index is -0.771. The summed E-state index contributed by atoms with van der Waals surface area (Å²) in [5, 5.41) is 12.8. The van der Waals surface area contributed by atoms with E-state index in [0.29, 0.717) is 12.2 Å². The van der Waals surface area contributed by atoms with Crippen molar-refractivity contribution in [3.8, 4) is 5.75 Å². The number of fused-ring (bicyclic) bond motifs is 1. The lowest BCUT2D eigenvalue weighted by molar-refractivity contribution is -0.114. The van der Waals surface area contributed by atoms with Crippen molar-refractivity contribution in [2.75, 3.05) is 0 Å². The van der Waals surface area contributed by atoms with Gasteiger partial charge in [-0.1, -0.05) is 18.2 Å². The summed E-state index contributed by atoms with van der Waals surface area (Å²) >= 11 is 0. The maximum Gasteiger partial charge on any atom is 0.207 e. The molecule has 0 spiro atoms. The number of hydrogen-bond acceptors (Lipinski definition) is 3. The zero-order valence-electron chi connectivity index (χ0n) is 9.31. The molecule has 0 fully saturated rings. The molecule has 2 atom stereocenters. The number of carbonyl (C=O) groups excluding carboxylic acids is 1. The minimum Gasteiger partial charge on any atom is -0.485 e. The van der Waals surface area contributed by atoms with Gasteiger partial charge < -0.3 is 15.2 Å². The van der Waals surface area contributed by atoms with Crippen molar-refractivity contribution in [2.24, 2.45) is 0 Å². The number of hydrogen-bond donors (Lipinski definition) is 2. The molecule has 1 amide bonds. The molecular weight excluding hydrogens is 206 g/mol. The molecule has 16 heavy (non-hydrogen) atoms. The zero-order valence-corrected chi connectivity index (χ0v) is 9.31. The Labute approximate surface area is 94.2 Å². The molecule has 2 N–H and O–H groups in total. The Balaban J connectivity index is 2.46. The number of nitrogens with one attached hydrogen (secondary N) is 1. The summed E-state index contributed by atoms with van der Waals surface area (Å²) in [7, 11) is 0. The third-order valence-corrected chi connectivity index (χ3v) is 2.90. The van der Waals surface area contributed by atoms with Crippen molar-refractivity contribution in [2.45, 2.75) is 31.6 Å². The van der Waals surface area contributed by atoms with E-state index >= 15 is 0 Å². The summed E-state index contributed by atoms with van der Waals surface area (Å²) in [4.78, 5) is 10.6. The number of aliphatic hydroxyl groups excluding tert-OH is 1. The zero-order chi connectivity index (χ0) is 11.8. The van der Waals surface area contributed by atoms with E-state index in [2.05, 4.69) is 5.32 Å². The second kappa shape index (κ2) is 3.79. The van der Waals surface area contributed by atoms with Gasteiger partial charge in [0.1, 0.15) is 17.5 Å². The summed E-state index contributed by atoms with van der Waals surface area (Å²) in [5.41, 5.74) is 0.0936. The van der Waals surface area contributed by atoms with Crippen LogP contribution in [-0.2, 0) is 4.79 Å². The largest absolute Gasteiger partial charge is 0.485 e. The molecule has 1 heterocycles. The summed E-state index contributed by atoms with van der Waals surface area (Å²) in [6.07, 6.45) is -0.167. The number of para-hydroxylation sites is 1. The molecule has 1 aromatic carbocycles. The van der Waals surface area contributed by atoms with Gasteiger partial charge in [0.2, 0.25) is 6.41 Å². The van der Waals surface area contributed by atoms with E-state index in [9.17, 15) is 9.90 Å². The average Bonchev–Trinajstić information content (AvgIpc) is 2.24. The molecule has 2 unspecified atom stereocenters. The molecule has 0 saturated heterocycles. The number of aliphatic hydroxyl groups is 1. The number of amides is 1. The van der Waals surface area contributed by atoms with Gasteiger partial charge in [-0.05, 0) is 19.9 Å². The van der Waals surface area contributed by atoms with Crippen LogP contribution in [0.2, 0.25) is 0 Å². The Bertz CT molecular complexity index is 403. The summed E-state index contributed by atoms with van der Waals surface area (Å²) in [6, 6.07) is 6.98. The van der Waals surface area contributed by atoms with Crippen molar-refractivity contribution in [3.63, 3.8) is 0 Å². The van der Waals surface area contributed by atoms with E-state index in [1.165, 1.54) is 0 Å². The van der Waals surface area contributed by atoms with E-state index < -0.39 is 17.7 Å². The molecule has 86 valence electrons. The lowest BCUT2D eigenvalue weighted by Gasteiger charge is -2.41. The molecule has 0 saturated carbocycles. The normalized spacial score (nSPS) is 26.4. The van der Waals surface area contributed by atoms with Crippen molar-refractivity contribution >= 4 is 6.41 Å². The number of ether oxygens (including phenoxy) is 1.